The molecule has 0 spiro atoms. The van der Waals surface area contributed by atoms with Gasteiger partial charge < -0.3 is 10.4 Å². The van der Waals surface area contributed by atoms with Crippen LogP contribution in [0.5, 0.6) is 5.75 Å². The van der Waals surface area contributed by atoms with Gasteiger partial charge in [0.15, 0.2) is 0 Å². The third kappa shape index (κ3) is 2.79. The summed E-state index contributed by atoms with van der Waals surface area (Å²) in [5, 5.41) is 12.3. The number of hydrogen-bond acceptors (Lipinski definition) is 4. The lowest BCUT2D eigenvalue weighted by atomic mass is 10.3. The van der Waals surface area contributed by atoms with E-state index in [0.717, 1.165) is 9.39 Å². The van der Waals surface area contributed by atoms with Gasteiger partial charge in [-0.05, 0) is 34.7 Å². The fourth-order valence-corrected chi connectivity index (χ4v) is 1.55. The number of hydrogen-bond donors (Lipinski definition) is 2. The van der Waals surface area contributed by atoms with E-state index in [1.165, 1.54) is 6.33 Å². The van der Waals surface area contributed by atoms with Gasteiger partial charge >= 0.3 is 0 Å². The van der Waals surface area contributed by atoms with Crippen LogP contribution in [0.25, 0.3) is 0 Å². The molecule has 0 radical (unpaired) electrons. The maximum atomic E-state index is 9.27. The molecule has 0 aliphatic carbocycles. The van der Waals surface area contributed by atoms with Crippen LogP contribution in [0.4, 0.5) is 11.5 Å². The number of phenolic OH excluding ortho intramolecular Hbond substituents is 1. The highest BCUT2D eigenvalue weighted by molar-refractivity contribution is 14.1. The van der Waals surface area contributed by atoms with Crippen LogP contribution in [0, 0.1) is 3.70 Å². The zero-order chi connectivity index (χ0) is 10.7. The minimum absolute atomic E-state index is 0.226. The first-order valence-electron chi connectivity index (χ1n) is 4.27. The van der Waals surface area contributed by atoms with Crippen molar-refractivity contribution >= 4 is 34.1 Å². The predicted molar refractivity (Wildman–Crippen MR) is 66.1 cm³/mol. The van der Waals surface area contributed by atoms with Crippen LogP contribution in [0.2, 0.25) is 0 Å². The van der Waals surface area contributed by atoms with Crippen molar-refractivity contribution in [3.05, 3.63) is 40.4 Å². The molecule has 76 valence electrons. The Morgan fingerprint density at radius 3 is 2.80 bits per heavy atom. The van der Waals surface area contributed by atoms with E-state index in [4.69, 9.17) is 0 Å². The molecule has 2 rings (SSSR count). The van der Waals surface area contributed by atoms with Crippen LogP contribution in [-0.2, 0) is 0 Å². The number of halogens is 1. The normalized spacial score (nSPS) is 9.93. The van der Waals surface area contributed by atoms with Crippen molar-refractivity contribution in [3.63, 3.8) is 0 Å². The monoisotopic (exact) mass is 313 g/mol. The van der Waals surface area contributed by atoms with Gasteiger partial charge in [-0.3, -0.25) is 0 Å². The quantitative estimate of drug-likeness (QED) is 0.661. The average molecular weight is 313 g/mol. The van der Waals surface area contributed by atoms with E-state index in [9.17, 15) is 5.11 Å². The van der Waals surface area contributed by atoms with Gasteiger partial charge in [-0.2, -0.15) is 0 Å². The van der Waals surface area contributed by atoms with Crippen LogP contribution in [0.15, 0.2) is 36.7 Å². The predicted octanol–water partition coefficient (Wildman–Crippen LogP) is 2.53. The van der Waals surface area contributed by atoms with Crippen LogP contribution in [0.1, 0.15) is 0 Å². The first-order valence-corrected chi connectivity index (χ1v) is 5.35. The summed E-state index contributed by atoms with van der Waals surface area (Å²) in [6.07, 6.45) is 1.49. The van der Waals surface area contributed by atoms with Crippen molar-refractivity contribution in [2.24, 2.45) is 0 Å². The van der Waals surface area contributed by atoms with E-state index in [2.05, 4.69) is 37.9 Å². The third-order valence-corrected chi connectivity index (χ3v) is 2.34. The van der Waals surface area contributed by atoms with E-state index < -0.39 is 0 Å². The summed E-state index contributed by atoms with van der Waals surface area (Å²) in [5.74, 6) is 0.934. The van der Waals surface area contributed by atoms with Crippen molar-refractivity contribution in [2.45, 2.75) is 0 Å². The fraction of sp³-hybridized carbons (Fsp3) is 0. The van der Waals surface area contributed by atoms with Crippen LogP contribution in [-0.4, -0.2) is 15.1 Å². The number of nitrogens with one attached hydrogen (secondary N) is 1. The van der Waals surface area contributed by atoms with Gasteiger partial charge in [-0.1, -0.05) is 6.07 Å². The van der Waals surface area contributed by atoms with E-state index in [1.54, 1.807) is 18.2 Å². The lowest BCUT2D eigenvalue weighted by molar-refractivity contribution is 0.475. The SMILES string of the molecule is Oc1cccc(Nc2cc(I)ncn2)c1. The summed E-state index contributed by atoms with van der Waals surface area (Å²) >= 11 is 2.11. The highest BCUT2D eigenvalue weighted by Crippen LogP contribution is 2.19. The maximum Gasteiger partial charge on any atom is 0.134 e. The van der Waals surface area contributed by atoms with Crippen LogP contribution < -0.4 is 5.32 Å². The van der Waals surface area contributed by atoms with E-state index in [0.29, 0.717) is 5.82 Å². The standard InChI is InChI=1S/C10H8IN3O/c11-9-5-10(13-6-12-9)14-7-2-1-3-8(15)4-7/h1-6,15H,(H,12,13,14). The van der Waals surface area contributed by atoms with E-state index in [-0.39, 0.29) is 5.75 Å². The molecule has 2 N–H and O–H groups in total. The Morgan fingerprint density at radius 2 is 2.07 bits per heavy atom. The number of nitrogens with zero attached hydrogens (tertiary/aromatic N) is 2. The number of anilines is 2. The molecule has 1 heterocycles. The Hall–Kier alpha value is -1.37. The van der Waals surface area contributed by atoms with Crippen molar-refractivity contribution in [1.82, 2.24) is 9.97 Å². The molecule has 0 bridgehead atoms. The van der Waals surface area contributed by atoms with Crippen LogP contribution in [0.3, 0.4) is 0 Å². The van der Waals surface area contributed by atoms with Gasteiger partial charge in [0.25, 0.3) is 0 Å². The maximum absolute atomic E-state index is 9.27. The topological polar surface area (TPSA) is 58.0 Å². The molecule has 15 heavy (non-hydrogen) atoms. The largest absolute Gasteiger partial charge is 0.508 e. The van der Waals surface area contributed by atoms with Gasteiger partial charge in [-0.25, -0.2) is 9.97 Å². The second-order valence-electron chi connectivity index (χ2n) is 2.90. The Morgan fingerprint density at radius 1 is 1.20 bits per heavy atom. The molecule has 0 aliphatic rings. The lowest BCUT2D eigenvalue weighted by Crippen LogP contribution is -1.94. The third-order valence-electron chi connectivity index (χ3n) is 1.75. The molecule has 1 aromatic heterocycles. The second-order valence-corrected chi connectivity index (χ2v) is 4.01. The zero-order valence-corrected chi connectivity index (χ0v) is 9.84. The van der Waals surface area contributed by atoms with Gasteiger partial charge in [0, 0.05) is 17.8 Å². The van der Waals surface area contributed by atoms with Crippen molar-refractivity contribution in [3.8, 4) is 5.75 Å². The molecular weight excluding hydrogens is 305 g/mol. The molecular formula is C10H8IN3O. The summed E-state index contributed by atoms with van der Waals surface area (Å²) in [6, 6.07) is 8.70. The summed E-state index contributed by atoms with van der Waals surface area (Å²) in [5.41, 5.74) is 0.796. The first kappa shape index (κ1) is 10.2. The number of phenols is 1. The molecule has 0 amide bonds. The smallest absolute Gasteiger partial charge is 0.134 e. The van der Waals surface area contributed by atoms with Gasteiger partial charge in [-0.15, -0.1) is 0 Å². The zero-order valence-electron chi connectivity index (χ0n) is 7.68. The first-order chi connectivity index (χ1) is 7.24. The molecule has 4 nitrogen and oxygen atoms in total. The Kier molecular flexibility index (Phi) is 3.00. The Labute approximate surface area is 101 Å². The summed E-state index contributed by atoms with van der Waals surface area (Å²) in [7, 11) is 0. The summed E-state index contributed by atoms with van der Waals surface area (Å²) in [6.45, 7) is 0. The van der Waals surface area contributed by atoms with Crippen molar-refractivity contribution in [1.29, 1.82) is 0 Å². The molecule has 2 aromatic rings. The Balaban J connectivity index is 2.22. The van der Waals surface area contributed by atoms with E-state index in [1.807, 2.05) is 12.1 Å². The van der Waals surface area contributed by atoms with Gasteiger partial charge in [0.2, 0.25) is 0 Å². The molecule has 0 unspecified atom stereocenters. The highest BCUT2D eigenvalue weighted by Gasteiger charge is 1.97. The molecule has 5 heteroatoms. The van der Waals surface area contributed by atoms with Crippen LogP contribution >= 0.6 is 22.6 Å². The molecule has 0 saturated heterocycles. The van der Waals surface area contributed by atoms with E-state index >= 15 is 0 Å². The summed E-state index contributed by atoms with van der Waals surface area (Å²) < 4.78 is 0.866. The van der Waals surface area contributed by atoms with Gasteiger partial charge in [0.05, 0.1) is 0 Å². The van der Waals surface area contributed by atoms with Crippen molar-refractivity contribution in [2.75, 3.05) is 5.32 Å². The average Bonchev–Trinajstić information content (AvgIpc) is 2.17. The molecule has 0 atom stereocenters. The number of aromatic hydroxyl groups is 1. The number of aromatic nitrogens is 2. The van der Waals surface area contributed by atoms with Crippen molar-refractivity contribution < 1.29 is 5.11 Å². The minimum Gasteiger partial charge on any atom is -0.508 e. The minimum atomic E-state index is 0.226. The Bertz CT molecular complexity index is 432. The second kappa shape index (κ2) is 4.43. The number of benzene rings is 1. The highest BCUT2D eigenvalue weighted by atomic mass is 127. The number of rotatable bonds is 2. The molecule has 0 saturated carbocycles. The van der Waals surface area contributed by atoms with Gasteiger partial charge in [0.1, 0.15) is 21.6 Å². The fourth-order valence-electron chi connectivity index (χ4n) is 1.13. The lowest BCUT2D eigenvalue weighted by Gasteiger charge is -2.05. The molecule has 1 aromatic carbocycles. The summed E-state index contributed by atoms with van der Waals surface area (Å²) in [4.78, 5) is 8.04. The molecule has 0 aliphatic heterocycles. The molecule has 0 fully saturated rings.